The molecule has 33 heavy (non-hydrogen) atoms. The number of ether oxygens (including phenoxy) is 1. The smallest absolute Gasteiger partial charge is 0.275 e. The van der Waals surface area contributed by atoms with E-state index in [0.29, 0.717) is 18.2 Å². The molecule has 0 aromatic carbocycles. The Balaban J connectivity index is 1.69. The van der Waals surface area contributed by atoms with Crippen molar-refractivity contribution in [2.75, 3.05) is 27.2 Å². The molecular formula is C24H36N6O3. The number of amidine groups is 1. The van der Waals surface area contributed by atoms with Gasteiger partial charge in [-0.3, -0.25) is 19.9 Å². The van der Waals surface area contributed by atoms with Crippen molar-refractivity contribution in [3.8, 4) is 0 Å². The Morgan fingerprint density at radius 3 is 2.82 bits per heavy atom. The Morgan fingerprint density at radius 2 is 2.18 bits per heavy atom. The molecule has 0 bridgehead atoms. The number of likely N-dealkylation sites (N-methyl/N-ethyl adjacent to an activating group) is 1. The molecule has 3 rings (SSSR count). The number of carbonyl (C=O) groups is 2. The lowest BCUT2D eigenvalue weighted by Gasteiger charge is -2.28. The van der Waals surface area contributed by atoms with E-state index in [0.717, 1.165) is 31.4 Å². The van der Waals surface area contributed by atoms with Crippen LogP contribution in [0.2, 0.25) is 0 Å². The summed E-state index contributed by atoms with van der Waals surface area (Å²) in [6, 6.07) is 0. The van der Waals surface area contributed by atoms with Crippen LogP contribution in [0, 0.1) is 17.2 Å². The van der Waals surface area contributed by atoms with Gasteiger partial charge in [0, 0.05) is 50.6 Å². The number of amides is 2. The highest BCUT2D eigenvalue weighted by Gasteiger charge is 2.36. The van der Waals surface area contributed by atoms with Crippen molar-refractivity contribution in [3.63, 3.8) is 0 Å². The van der Waals surface area contributed by atoms with E-state index in [2.05, 4.69) is 41.9 Å². The SMILES string of the molecule is CCC(C)C1=CC(C2OC=C(C(=O)N/C(=C/NC)C(=N)N3CCC(CC)C3=O)N2C)=CCN1. The maximum absolute atomic E-state index is 13.1. The number of dihydropyridines is 1. The zero-order valence-corrected chi connectivity index (χ0v) is 20.2. The van der Waals surface area contributed by atoms with E-state index >= 15 is 0 Å². The summed E-state index contributed by atoms with van der Waals surface area (Å²) in [6.07, 6.45) is 9.24. The van der Waals surface area contributed by atoms with Crippen LogP contribution >= 0.6 is 0 Å². The minimum atomic E-state index is -0.398. The molecule has 4 N–H and O–H groups in total. The third-order valence-corrected chi connectivity index (χ3v) is 6.54. The quantitative estimate of drug-likeness (QED) is 0.329. The van der Waals surface area contributed by atoms with Crippen LogP contribution in [-0.4, -0.2) is 60.9 Å². The van der Waals surface area contributed by atoms with Crippen LogP contribution in [0.25, 0.3) is 0 Å². The lowest BCUT2D eigenvalue weighted by molar-refractivity contribution is -0.128. The summed E-state index contributed by atoms with van der Waals surface area (Å²) in [4.78, 5) is 28.9. The average Bonchev–Trinajstić information content (AvgIpc) is 3.39. The molecule has 2 amide bonds. The van der Waals surface area contributed by atoms with Gasteiger partial charge in [-0.05, 0) is 31.3 Å². The van der Waals surface area contributed by atoms with Gasteiger partial charge in [-0.15, -0.1) is 0 Å². The summed E-state index contributed by atoms with van der Waals surface area (Å²) < 4.78 is 5.86. The molecule has 0 radical (unpaired) electrons. The van der Waals surface area contributed by atoms with E-state index in [1.165, 1.54) is 23.1 Å². The van der Waals surface area contributed by atoms with Crippen LogP contribution in [0.1, 0.15) is 40.0 Å². The molecule has 9 nitrogen and oxygen atoms in total. The number of carbonyl (C=O) groups excluding carboxylic acids is 2. The first kappa shape index (κ1) is 24.4. The largest absolute Gasteiger partial charge is 0.472 e. The van der Waals surface area contributed by atoms with E-state index < -0.39 is 12.1 Å². The fraction of sp³-hybridized carbons (Fsp3) is 0.542. The fourth-order valence-electron chi connectivity index (χ4n) is 4.21. The average molecular weight is 457 g/mol. The van der Waals surface area contributed by atoms with Crippen LogP contribution in [0.4, 0.5) is 0 Å². The van der Waals surface area contributed by atoms with Crippen LogP contribution in [0.5, 0.6) is 0 Å². The third kappa shape index (κ3) is 5.07. The predicted molar refractivity (Wildman–Crippen MR) is 127 cm³/mol. The first-order chi connectivity index (χ1) is 15.8. The lowest BCUT2D eigenvalue weighted by atomic mass is 9.99. The minimum Gasteiger partial charge on any atom is -0.472 e. The molecule has 1 fully saturated rings. The van der Waals surface area contributed by atoms with Gasteiger partial charge in [0.15, 0.2) is 12.1 Å². The first-order valence-electron chi connectivity index (χ1n) is 11.6. The highest BCUT2D eigenvalue weighted by atomic mass is 16.5. The van der Waals surface area contributed by atoms with Crippen molar-refractivity contribution in [3.05, 3.63) is 47.3 Å². The van der Waals surface area contributed by atoms with E-state index in [4.69, 9.17) is 10.1 Å². The van der Waals surface area contributed by atoms with E-state index in [-0.39, 0.29) is 23.4 Å². The Kier molecular flexibility index (Phi) is 7.84. The molecular weight excluding hydrogens is 420 g/mol. The molecule has 3 heterocycles. The Morgan fingerprint density at radius 1 is 1.42 bits per heavy atom. The Hall–Kier alpha value is -3.23. The van der Waals surface area contributed by atoms with Gasteiger partial charge in [-0.25, -0.2) is 0 Å². The first-order valence-corrected chi connectivity index (χ1v) is 11.6. The molecule has 1 saturated heterocycles. The van der Waals surface area contributed by atoms with Gasteiger partial charge in [-0.2, -0.15) is 0 Å². The maximum Gasteiger partial charge on any atom is 0.275 e. The summed E-state index contributed by atoms with van der Waals surface area (Å²) in [7, 11) is 3.50. The summed E-state index contributed by atoms with van der Waals surface area (Å²) in [5, 5.41) is 17.6. The van der Waals surface area contributed by atoms with Crippen LogP contribution < -0.4 is 16.0 Å². The maximum atomic E-state index is 13.1. The molecule has 3 aliphatic heterocycles. The van der Waals surface area contributed by atoms with Gasteiger partial charge in [0.25, 0.3) is 5.91 Å². The standard InChI is InChI=1S/C24H36N6O3/c1-6-15(3)18-12-17(8-10-27-18)24-29(5)20(14-33-24)22(31)28-19(13-26-4)21(25)30-11-9-16(7-2)23(30)32/h8,12-16,24-27H,6-7,9-11H2,1-5H3,(H,28,31)/b19-13+,25-21?. The number of allylic oxidation sites excluding steroid dienone is 1. The number of rotatable bonds is 8. The molecule has 0 aromatic rings. The Bertz CT molecular complexity index is 919. The molecule has 0 spiro atoms. The zero-order valence-electron chi connectivity index (χ0n) is 20.2. The molecule has 3 atom stereocenters. The predicted octanol–water partition coefficient (Wildman–Crippen LogP) is 1.99. The summed E-state index contributed by atoms with van der Waals surface area (Å²) >= 11 is 0. The summed E-state index contributed by atoms with van der Waals surface area (Å²) in [5.41, 5.74) is 2.76. The van der Waals surface area contributed by atoms with Crippen molar-refractivity contribution < 1.29 is 14.3 Å². The van der Waals surface area contributed by atoms with Gasteiger partial charge in [0.05, 0.1) is 5.70 Å². The van der Waals surface area contributed by atoms with Gasteiger partial charge in [0.2, 0.25) is 5.91 Å². The monoisotopic (exact) mass is 456 g/mol. The van der Waals surface area contributed by atoms with Crippen LogP contribution in [0.15, 0.2) is 47.3 Å². The highest BCUT2D eigenvalue weighted by Crippen LogP contribution is 2.28. The molecule has 0 aromatic heterocycles. The van der Waals surface area contributed by atoms with Crippen molar-refractivity contribution in [1.82, 2.24) is 25.8 Å². The third-order valence-electron chi connectivity index (χ3n) is 6.54. The normalized spacial score (nSPS) is 23.8. The van der Waals surface area contributed by atoms with Crippen LogP contribution in [-0.2, 0) is 14.3 Å². The topological polar surface area (TPSA) is 110 Å². The fourth-order valence-corrected chi connectivity index (χ4v) is 4.21. The van der Waals surface area contributed by atoms with Gasteiger partial charge < -0.3 is 25.6 Å². The molecule has 0 aliphatic carbocycles. The van der Waals surface area contributed by atoms with E-state index in [1.54, 1.807) is 11.9 Å². The van der Waals surface area contributed by atoms with E-state index in [1.807, 2.05) is 14.0 Å². The number of likely N-dealkylation sites (tertiary alicyclic amines) is 1. The number of nitrogens with one attached hydrogen (secondary N) is 4. The van der Waals surface area contributed by atoms with Crippen molar-refractivity contribution in [2.24, 2.45) is 11.8 Å². The number of nitrogens with zero attached hydrogens (tertiary/aromatic N) is 2. The van der Waals surface area contributed by atoms with Crippen molar-refractivity contribution in [2.45, 2.75) is 46.3 Å². The van der Waals surface area contributed by atoms with E-state index in [9.17, 15) is 9.59 Å². The molecule has 0 saturated carbocycles. The molecule has 9 heteroatoms. The van der Waals surface area contributed by atoms with Crippen molar-refractivity contribution in [1.29, 1.82) is 5.41 Å². The highest BCUT2D eigenvalue weighted by molar-refractivity contribution is 6.10. The number of hydrogen-bond acceptors (Lipinski definition) is 7. The van der Waals surface area contributed by atoms with Crippen molar-refractivity contribution >= 4 is 17.6 Å². The second-order valence-electron chi connectivity index (χ2n) is 8.63. The second kappa shape index (κ2) is 10.6. The summed E-state index contributed by atoms with van der Waals surface area (Å²) in [6.45, 7) is 7.50. The Labute approximate surface area is 196 Å². The summed E-state index contributed by atoms with van der Waals surface area (Å²) in [5.74, 6) is -0.135. The lowest BCUT2D eigenvalue weighted by Crippen LogP contribution is -2.42. The van der Waals surface area contributed by atoms with Crippen LogP contribution in [0.3, 0.4) is 0 Å². The molecule has 3 unspecified atom stereocenters. The zero-order chi connectivity index (χ0) is 24.1. The second-order valence-corrected chi connectivity index (χ2v) is 8.63. The number of hydrogen-bond donors (Lipinski definition) is 4. The van der Waals surface area contributed by atoms with Gasteiger partial charge in [0.1, 0.15) is 12.0 Å². The molecule has 3 aliphatic rings. The minimum absolute atomic E-state index is 0.0143. The van der Waals surface area contributed by atoms with Gasteiger partial charge in [-0.1, -0.05) is 26.8 Å². The van der Waals surface area contributed by atoms with Gasteiger partial charge >= 0.3 is 0 Å². The molecule has 180 valence electrons.